The average Bonchev–Trinajstić information content (AvgIpc) is 2.96. The second-order valence-electron chi connectivity index (χ2n) is 5.87. The molecule has 1 aliphatic rings. The van der Waals surface area contributed by atoms with Crippen molar-refractivity contribution in [2.75, 3.05) is 18.6 Å². The van der Waals surface area contributed by atoms with Crippen LogP contribution in [0.15, 0.2) is 48.5 Å². The number of methoxy groups -OCH3 is 1. The summed E-state index contributed by atoms with van der Waals surface area (Å²) in [5.41, 5.74) is 2.49. The highest BCUT2D eigenvalue weighted by Crippen LogP contribution is 2.22. The van der Waals surface area contributed by atoms with E-state index in [1.54, 1.807) is 36.3 Å². The summed E-state index contributed by atoms with van der Waals surface area (Å²) in [6.45, 7) is 2.61. The number of anilines is 1. The lowest BCUT2D eigenvalue weighted by molar-refractivity contribution is -0.118. The molecular formula is C19H20N2O3. The van der Waals surface area contributed by atoms with Gasteiger partial charge in [-0.1, -0.05) is 23.8 Å². The lowest BCUT2D eigenvalue weighted by atomic mass is 10.1. The van der Waals surface area contributed by atoms with Crippen LogP contribution in [0.3, 0.4) is 0 Å². The molecule has 5 heteroatoms. The molecular weight excluding hydrogens is 304 g/mol. The smallest absolute Gasteiger partial charge is 0.252 e. The molecule has 0 aliphatic carbocycles. The molecule has 1 unspecified atom stereocenters. The molecule has 5 nitrogen and oxygen atoms in total. The van der Waals surface area contributed by atoms with Crippen molar-refractivity contribution in [3.63, 3.8) is 0 Å². The predicted molar refractivity (Wildman–Crippen MR) is 92.4 cm³/mol. The zero-order chi connectivity index (χ0) is 17.1. The summed E-state index contributed by atoms with van der Waals surface area (Å²) < 4.78 is 5.13. The van der Waals surface area contributed by atoms with Gasteiger partial charge in [-0.25, -0.2) is 0 Å². The first kappa shape index (κ1) is 16.1. The molecule has 1 aliphatic heterocycles. The number of hydrogen-bond acceptors (Lipinski definition) is 3. The van der Waals surface area contributed by atoms with Crippen LogP contribution in [-0.4, -0.2) is 31.5 Å². The van der Waals surface area contributed by atoms with Gasteiger partial charge < -0.3 is 15.0 Å². The molecule has 0 spiro atoms. The lowest BCUT2D eigenvalue weighted by Gasteiger charge is -2.17. The first-order valence-corrected chi connectivity index (χ1v) is 7.91. The fourth-order valence-corrected chi connectivity index (χ4v) is 2.80. The van der Waals surface area contributed by atoms with E-state index < -0.39 is 6.04 Å². The molecule has 2 aromatic carbocycles. The minimum Gasteiger partial charge on any atom is -0.497 e. The van der Waals surface area contributed by atoms with Crippen molar-refractivity contribution in [2.24, 2.45) is 0 Å². The number of aryl methyl sites for hydroxylation is 1. The number of ether oxygens (including phenoxy) is 1. The van der Waals surface area contributed by atoms with Crippen LogP contribution in [0.5, 0.6) is 5.75 Å². The Morgan fingerprint density at radius 3 is 2.67 bits per heavy atom. The highest BCUT2D eigenvalue weighted by atomic mass is 16.5. The Kier molecular flexibility index (Phi) is 4.51. The van der Waals surface area contributed by atoms with Gasteiger partial charge in [0.25, 0.3) is 5.91 Å². The lowest BCUT2D eigenvalue weighted by Crippen LogP contribution is -2.41. The molecule has 0 aromatic heterocycles. The van der Waals surface area contributed by atoms with Crippen molar-refractivity contribution in [2.45, 2.75) is 19.4 Å². The topological polar surface area (TPSA) is 58.6 Å². The minimum absolute atomic E-state index is 0.0740. The molecule has 3 rings (SSSR count). The minimum atomic E-state index is -0.495. The monoisotopic (exact) mass is 324 g/mol. The van der Waals surface area contributed by atoms with E-state index in [4.69, 9.17) is 4.74 Å². The Morgan fingerprint density at radius 2 is 1.96 bits per heavy atom. The third-order valence-corrected chi connectivity index (χ3v) is 4.19. The van der Waals surface area contributed by atoms with E-state index in [2.05, 4.69) is 5.32 Å². The maximum atomic E-state index is 12.6. The van der Waals surface area contributed by atoms with Gasteiger partial charge in [0, 0.05) is 17.8 Å². The molecule has 2 aromatic rings. The van der Waals surface area contributed by atoms with Gasteiger partial charge in [0.1, 0.15) is 11.8 Å². The first-order valence-electron chi connectivity index (χ1n) is 7.91. The van der Waals surface area contributed by atoms with Crippen LogP contribution >= 0.6 is 0 Å². The second kappa shape index (κ2) is 6.74. The van der Waals surface area contributed by atoms with Crippen molar-refractivity contribution in [1.82, 2.24) is 5.32 Å². The molecule has 2 amide bonds. The van der Waals surface area contributed by atoms with Crippen LogP contribution in [-0.2, 0) is 4.79 Å². The Labute approximate surface area is 141 Å². The van der Waals surface area contributed by atoms with Crippen LogP contribution in [0.25, 0.3) is 0 Å². The number of rotatable bonds is 4. The van der Waals surface area contributed by atoms with E-state index >= 15 is 0 Å². The summed E-state index contributed by atoms with van der Waals surface area (Å²) in [6.07, 6.45) is 0.600. The number of nitrogens with zero attached hydrogens (tertiary/aromatic N) is 1. The average molecular weight is 324 g/mol. The zero-order valence-electron chi connectivity index (χ0n) is 13.8. The fourth-order valence-electron chi connectivity index (χ4n) is 2.80. The molecule has 0 radical (unpaired) electrons. The number of benzene rings is 2. The summed E-state index contributed by atoms with van der Waals surface area (Å²) in [4.78, 5) is 26.7. The highest BCUT2D eigenvalue weighted by Gasteiger charge is 2.33. The molecule has 0 bridgehead atoms. The van der Waals surface area contributed by atoms with E-state index in [1.165, 1.54) is 0 Å². The van der Waals surface area contributed by atoms with Crippen molar-refractivity contribution >= 4 is 17.5 Å². The summed E-state index contributed by atoms with van der Waals surface area (Å²) >= 11 is 0. The quantitative estimate of drug-likeness (QED) is 0.940. The molecule has 1 fully saturated rings. The molecule has 1 atom stereocenters. The number of amides is 2. The summed E-state index contributed by atoms with van der Waals surface area (Å²) in [7, 11) is 1.55. The SMILES string of the molecule is COc1cccc(C(=O)NC2CCN(c3ccc(C)cc3)C2=O)c1. The van der Waals surface area contributed by atoms with Gasteiger partial charge in [0.2, 0.25) is 5.91 Å². The summed E-state index contributed by atoms with van der Waals surface area (Å²) in [6, 6.07) is 14.2. The first-order chi connectivity index (χ1) is 11.6. The van der Waals surface area contributed by atoms with E-state index in [0.29, 0.717) is 24.3 Å². The normalized spacial score (nSPS) is 17.0. The third-order valence-electron chi connectivity index (χ3n) is 4.19. The second-order valence-corrected chi connectivity index (χ2v) is 5.87. The summed E-state index contributed by atoms with van der Waals surface area (Å²) in [5, 5.41) is 2.82. The molecule has 124 valence electrons. The van der Waals surface area contributed by atoms with Gasteiger partial charge >= 0.3 is 0 Å². The fraction of sp³-hybridized carbons (Fsp3) is 0.263. The molecule has 0 saturated carbocycles. The molecule has 1 heterocycles. The van der Waals surface area contributed by atoms with Crippen molar-refractivity contribution in [1.29, 1.82) is 0 Å². The Bertz CT molecular complexity index is 755. The van der Waals surface area contributed by atoms with Gasteiger partial charge in [0.15, 0.2) is 0 Å². The Morgan fingerprint density at radius 1 is 1.21 bits per heavy atom. The van der Waals surface area contributed by atoms with Crippen molar-refractivity contribution in [3.8, 4) is 5.75 Å². The van der Waals surface area contributed by atoms with Crippen LogP contribution in [0.1, 0.15) is 22.3 Å². The van der Waals surface area contributed by atoms with Crippen molar-refractivity contribution < 1.29 is 14.3 Å². The van der Waals surface area contributed by atoms with Gasteiger partial charge in [-0.05, 0) is 43.7 Å². The number of nitrogens with one attached hydrogen (secondary N) is 1. The van der Waals surface area contributed by atoms with E-state index in [1.807, 2.05) is 31.2 Å². The van der Waals surface area contributed by atoms with Crippen LogP contribution < -0.4 is 15.0 Å². The predicted octanol–water partition coefficient (Wildman–Crippen LogP) is 2.54. The molecule has 24 heavy (non-hydrogen) atoms. The maximum absolute atomic E-state index is 12.6. The number of hydrogen-bond donors (Lipinski definition) is 1. The van der Waals surface area contributed by atoms with Gasteiger partial charge in [-0.15, -0.1) is 0 Å². The zero-order valence-corrected chi connectivity index (χ0v) is 13.8. The molecule has 1 saturated heterocycles. The Hall–Kier alpha value is -2.82. The van der Waals surface area contributed by atoms with Crippen molar-refractivity contribution in [3.05, 3.63) is 59.7 Å². The Balaban J connectivity index is 1.69. The van der Waals surface area contributed by atoms with Crippen LogP contribution in [0.4, 0.5) is 5.69 Å². The van der Waals surface area contributed by atoms with Gasteiger partial charge in [-0.2, -0.15) is 0 Å². The van der Waals surface area contributed by atoms with Gasteiger partial charge in [-0.3, -0.25) is 9.59 Å². The van der Waals surface area contributed by atoms with E-state index in [9.17, 15) is 9.59 Å². The largest absolute Gasteiger partial charge is 0.497 e. The van der Waals surface area contributed by atoms with Gasteiger partial charge in [0.05, 0.1) is 7.11 Å². The van der Waals surface area contributed by atoms with E-state index in [-0.39, 0.29) is 11.8 Å². The maximum Gasteiger partial charge on any atom is 0.252 e. The number of carbonyl (C=O) groups excluding carboxylic acids is 2. The third kappa shape index (κ3) is 3.25. The van der Waals surface area contributed by atoms with Crippen LogP contribution in [0.2, 0.25) is 0 Å². The molecule has 1 N–H and O–H groups in total. The highest BCUT2D eigenvalue weighted by molar-refractivity contribution is 6.04. The number of carbonyl (C=O) groups is 2. The van der Waals surface area contributed by atoms with E-state index in [0.717, 1.165) is 11.3 Å². The standard InChI is InChI=1S/C19H20N2O3/c1-13-6-8-15(9-7-13)21-11-10-17(19(21)23)20-18(22)14-4-3-5-16(12-14)24-2/h3-9,12,17H,10-11H2,1-2H3,(H,20,22). The summed E-state index contributed by atoms with van der Waals surface area (Å²) in [5.74, 6) is 0.273. The van der Waals surface area contributed by atoms with Crippen LogP contribution in [0, 0.1) is 6.92 Å².